The van der Waals surface area contributed by atoms with Gasteiger partial charge in [-0.2, -0.15) is 0 Å². The Morgan fingerprint density at radius 2 is 1.44 bits per heavy atom. The molecule has 3 aromatic rings. The normalized spacial score (nSPS) is 11.8. The lowest BCUT2D eigenvalue weighted by atomic mass is 10.1. The highest BCUT2D eigenvalue weighted by molar-refractivity contribution is 7.92. The van der Waals surface area contributed by atoms with E-state index >= 15 is 0 Å². The fraction of sp³-hybridized carbons (Fsp3) is 0.467. The maximum absolute atomic E-state index is 12.9. The summed E-state index contributed by atoms with van der Waals surface area (Å²) >= 11 is 6.13. The lowest BCUT2D eigenvalue weighted by Crippen LogP contribution is -2.32. The van der Waals surface area contributed by atoms with Crippen LogP contribution in [0.2, 0.25) is 5.02 Å². The number of aromatic amines is 1. The van der Waals surface area contributed by atoms with Gasteiger partial charge in [-0.25, -0.2) is 13.2 Å². The smallest absolute Gasteiger partial charge is 0.407 e. The van der Waals surface area contributed by atoms with Gasteiger partial charge < -0.3 is 20.4 Å². The van der Waals surface area contributed by atoms with Crippen molar-refractivity contribution in [1.29, 1.82) is 0 Å². The molecule has 0 radical (unpaired) electrons. The number of benzene rings is 2. The van der Waals surface area contributed by atoms with E-state index in [0.29, 0.717) is 34.9 Å². The first kappa shape index (κ1) is 32.3. The minimum atomic E-state index is -3.85. The van der Waals surface area contributed by atoms with Crippen molar-refractivity contribution in [2.45, 2.75) is 82.6 Å². The molecular weight excluding hydrogens is 564 g/mol. The molecular formula is C30H41ClN4O5S. The molecule has 1 aromatic heterocycles. The van der Waals surface area contributed by atoms with Gasteiger partial charge in [-0.3, -0.25) is 9.52 Å². The lowest BCUT2D eigenvalue weighted by molar-refractivity contribution is 0.0526. The first-order valence-electron chi connectivity index (χ1n) is 14.1. The summed E-state index contributed by atoms with van der Waals surface area (Å²) in [7, 11) is -3.85. The Kier molecular flexibility index (Phi) is 11.9. The standard InChI is InChI=1S/C30H41ClN4O5S/c1-30(2,3)40-29(37)33-20-11-9-7-5-4-6-8-10-19-32-28(36)22-15-17-23(18-16-22)41(38,39)35-26-14-12-13-24-25(31)21-34-27(24)26/h12-18,21,34-35H,4-11,19-20H2,1-3H3,(H,32,36)(H,33,37). The molecule has 2 aromatic carbocycles. The number of anilines is 1. The molecule has 0 aliphatic rings. The maximum Gasteiger partial charge on any atom is 0.407 e. The number of aromatic nitrogens is 1. The van der Waals surface area contributed by atoms with Crippen LogP contribution in [0.3, 0.4) is 0 Å². The molecule has 2 amide bonds. The van der Waals surface area contributed by atoms with E-state index in [1.807, 2.05) is 20.8 Å². The minimum absolute atomic E-state index is 0.0583. The summed E-state index contributed by atoms with van der Waals surface area (Å²) in [5.74, 6) is -0.229. The highest BCUT2D eigenvalue weighted by Crippen LogP contribution is 2.29. The Labute approximate surface area is 247 Å². The second-order valence-corrected chi connectivity index (χ2v) is 13.1. The maximum atomic E-state index is 12.9. The van der Waals surface area contributed by atoms with Gasteiger partial charge in [0, 0.05) is 30.2 Å². The topological polar surface area (TPSA) is 129 Å². The van der Waals surface area contributed by atoms with Crippen molar-refractivity contribution < 1.29 is 22.7 Å². The zero-order valence-electron chi connectivity index (χ0n) is 24.0. The number of ether oxygens (including phenoxy) is 1. The number of sulfonamides is 1. The van der Waals surface area contributed by atoms with Gasteiger partial charge in [-0.1, -0.05) is 62.3 Å². The van der Waals surface area contributed by atoms with E-state index in [-0.39, 0.29) is 16.9 Å². The average Bonchev–Trinajstić information content (AvgIpc) is 3.29. The van der Waals surface area contributed by atoms with E-state index in [9.17, 15) is 18.0 Å². The van der Waals surface area contributed by atoms with Crippen LogP contribution in [0, 0.1) is 0 Å². The SMILES string of the molecule is CC(C)(C)OC(=O)NCCCCCCCCCCNC(=O)c1ccc(S(=O)(=O)Nc2cccc3c(Cl)c[nH]c23)cc1. The summed E-state index contributed by atoms with van der Waals surface area (Å²) in [4.78, 5) is 27.1. The summed E-state index contributed by atoms with van der Waals surface area (Å²) in [5.41, 5.74) is 0.923. The minimum Gasteiger partial charge on any atom is -0.444 e. The molecule has 0 spiro atoms. The Balaban J connectivity index is 1.28. The van der Waals surface area contributed by atoms with E-state index in [1.54, 1.807) is 24.4 Å². The number of rotatable bonds is 15. The monoisotopic (exact) mass is 604 g/mol. The number of halogens is 1. The first-order valence-corrected chi connectivity index (χ1v) is 16.0. The quantitative estimate of drug-likeness (QED) is 0.139. The van der Waals surface area contributed by atoms with Gasteiger partial charge in [0.2, 0.25) is 0 Å². The van der Waals surface area contributed by atoms with Crippen molar-refractivity contribution in [3.8, 4) is 0 Å². The summed E-state index contributed by atoms with van der Waals surface area (Å²) in [5, 5.41) is 6.91. The Bertz CT molecular complexity index is 1400. The number of hydrogen-bond donors (Lipinski definition) is 4. The van der Waals surface area contributed by atoms with Crippen molar-refractivity contribution in [2.75, 3.05) is 17.8 Å². The number of carbonyl (C=O) groups is 2. The van der Waals surface area contributed by atoms with E-state index in [1.165, 1.54) is 24.3 Å². The molecule has 224 valence electrons. The number of carbonyl (C=O) groups excluding carboxylic acids is 2. The summed E-state index contributed by atoms with van der Waals surface area (Å²) in [6, 6.07) is 11.1. The van der Waals surface area contributed by atoms with Crippen LogP contribution >= 0.6 is 11.6 Å². The number of nitrogens with one attached hydrogen (secondary N) is 4. The van der Waals surface area contributed by atoms with Gasteiger partial charge in [0.15, 0.2) is 0 Å². The van der Waals surface area contributed by atoms with Crippen molar-refractivity contribution in [1.82, 2.24) is 15.6 Å². The van der Waals surface area contributed by atoms with Crippen molar-refractivity contribution in [3.63, 3.8) is 0 Å². The fourth-order valence-electron chi connectivity index (χ4n) is 4.31. The van der Waals surface area contributed by atoms with Crippen molar-refractivity contribution in [3.05, 3.63) is 59.2 Å². The number of unbranched alkanes of at least 4 members (excludes halogenated alkanes) is 7. The molecule has 0 aliphatic carbocycles. The molecule has 0 unspecified atom stereocenters. The highest BCUT2D eigenvalue weighted by Gasteiger charge is 2.18. The molecule has 3 rings (SSSR count). The van der Waals surface area contributed by atoms with Crippen LogP contribution in [0.4, 0.5) is 10.5 Å². The first-order chi connectivity index (χ1) is 19.5. The molecule has 9 nitrogen and oxygen atoms in total. The second kappa shape index (κ2) is 15.1. The molecule has 0 aliphatic heterocycles. The molecule has 4 N–H and O–H groups in total. The number of hydrogen-bond acceptors (Lipinski definition) is 5. The number of H-pyrrole nitrogens is 1. The van der Waals surface area contributed by atoms with Gasteiger partial charge in [0.25, 0.3) is 15.9 Å². The number of amides is 2. The zero-order chi connectivity index (χ0) is 29.9. The molecule has 0 fully saturated rings. The highest BCUT2D eigenvalue weighted by atomic mass is 35.5. The van der Waals surface area contributed by atoms with Crippen LogP contribution < -0.4 is 15.4 Å². The summed E-state index contributed by atoms with van der Waals surface area (Å²) in [6.07, 6.45) is 9.69. The summed E-state index contributed by atoms with van der Waals surface area (Å²) in [6.45, 7) is 6.74. The van der Waals surface area contributed by atoms with Crippen LogP contribution in [0.25, 0.3) is 10.9 Å². The molecule has 11 heteroatoms. The van der Waals surface area contributed by atoms with E-state index in [2.05, 4.69) is 20.3 Å². The molecule has 0 saturated heterocycles. The average molecular weight is 605 g/mol. The van der Waals surface area contributed by atoms with Crippen LogP contribution in [-0.4, -0.2) is 44.1 Å². The Hall–Kier alpha value is -3.24. The lowest BCUT2D eigenvalue weighted by Gasteiger charge is -2.19. The van der Waals surface area contributed by atoms with Gasteiger partial charge in [-0.05, 0) is 63.9 Å². The molecule has 1 heterocycles. The van der Waals surface area contributed by atoms with Crippen LogP contribution in [0.1, 0.15) is 82.5 Å². The number of fused-ring (bicyclic) bond motifs is 1. The van der Waals surface area contributed by atoms with E-state index in [0.717, 1.165) is 56.8 Å². The van der Waals surface area contributed by atoms with Gasteiger partial charge in [0.1, 0.15) is 5.60 Å². The molecule has 0 saturated carbocycles. The third-order valence-electron chi connectivity index (χ3n) is 6.39. The van der Waals surface area contributed by atoms with Gasteiger partial charge in [0.05, 0.1) is 21.1 Å². The Morgan fingerprint density at radius 1 is 0.854 bits per heavy atom. The van der Waals surface area contributed by atoms with E-state index < -0.39 is 15.6 Å². The fourth-order valence-corrected chi connectivity index (χ4v) is 5.60. The molecule has 41 heavy (non-hydrogen) atoms. The van der Waals surface area contributed by atoms with Crippen LogP contribution in [0.5, 0.6) is 0 Å². The van der Waals surface area contributed by atoms with Crippen LogP contribution in [0.15, 0.2) is 53.6 Å². The molecule has 0 bridgehead atoms. The van der Waals surface area contributed by atoms with Gasteiger partial charge >= 0.3 is 6.09 Å². The van der Waals surface area contributed by atoms with Gasteiger partial charge in [-0.15, -0.1) is 0 Å². The number of alkyl carbamates (subject to hydrolysis) is 1. The Morgan fingerprint density at radius 3 is 2.05 bits per heavy atom. The second-order valence-electron chi connectivity index (χ2n) is 11.0. The predicted octanol–water partition coefficient (Wildman–Crippen LogP) is 7.00. The van der Waals surface area contributed by atoms with Crippen molar-refractivity contribution >= 4 is 50.2 Å². The predicted molar refractivity (Wildman–Crippen MR) is 164 cm³/mol. The third-order valence-corrected chi connectivity index (χ3v) is 8.09. The van der Waals surface area contributed by atoms with Crippen LogP contribution in [-0.2, 0) is 14.8 Å². The molecule has 0 atom stereocenters. The van der Waals surface area contributed by atoms with E-state index in [4.69, 9.17) is 16.3 Å². The largest absolute Gasteiger partial charge is 0.444 e. The number of para-hydroxylation sites is 1. The third kappa shape index (κ3) is 10.6. The summed E-state index contributed by atoms with van der Waals surface area (Å²) < 4.78 is 33.6. The van der Waals surface area contributed by atoms with Crippen molar-refractivity contribution in [2.24, 2.45) is 0 Å². The zero-order valence-corrected chi connectivity index (χ0v) is 25.6.